The van der Waals surface area contributed by atoms with E-state index in [1.165, 1.54) is 0 Å². The van der Waals surface area contributed by atoms with Crippen LogP contribution >= 0.6 is 0 Å². The van der Waals surface area contributed by atoms with Crippen molar-refractivity contribution in [3.05, 3.63) is 41.7 Å². The number of fused-ring (bicyclic) bond motifs is 1. The summed E-state index contributed by atoms with van der Waals surface area (Å²) in [6.45, 7) is 4.99. The van der Waals surface area contributed by atoms with Crippen LogP contribution in [0.2, 0.25) is 0 Å². The van der Waals surface area contributed by atoms with Gasteiger partial charge in [-0.2, -0.15) is 0 Å². The molecule has 1 aromatic carbocycles. The van der Waals surface area contributed by atoms with E-state index < -0.39 is 0 Å². The number of morpholine rings is 1. The fraction of sp³-hybridized carbons (Fsp3) is 0.381. The summed E-state index contributed by atoms with van der Waals surface area (Å²) in [7, 11) is 1.60. The number of aryl methyl sites for hydroxylation is 1. The van der Waals surface area contributed by atoms with E-state index in [0.717, 1.165) is 53.4 Å². The van der Waals surface area contributed by atoms with E-state index in [4.69, 9.17) is 19.4 Å². The number of hydrogen-bond acceptors (Lipinski definition) is 7. The van der Waals surface area contributed by atoms with Gasteiger partial charge < -0.3 is 19.5 Å². The molecule has 0 saturated carbocycles. The second-order valence-electron chi connectivity index (χ2n) is 6.67. The molecule has 1 fully saturated rings. The maximum Gasteiger partial charge on any atom is 0.165 e. The molecular weight excluding hydrogens is 356 g/mol. The van der Waals surface area contributed by atoms with Crippen molar-refractivity contribution in [3.8, 4) is 17.0 Å². The normalized spacial score (nSPS) is 14.5. The van der Waals surface area contributed by atoms with Gasteiger partial charge in [0, 0.05) is 30.6 Å². The van der Waals surface area contributed by atoms with Crippen LogP contribution in [-0.4, -0.2) is 53.5 Å². The lowest BCUT2D eigenvalue weighted by Gasteiger charge is -2.28. The van der Waals surface area contributed by atoms with E-state index in [9.17, 15) is 5.11 Å². The van der Waals surface area contributed by atoms with Crippen molar-refractivity contribution in [1.29, 1.82) is 0 Å². The van der Waals surface area contributed by atoms with Crippen molar-refractivity contribution in [2.24, 2.45) is 0 Å². The molecule has 1 N–H and O–H groups in total. The first kappa shape index (κ1) is 18.6. The van der Waals surface area contributed by atoms with Gasteiger partial charge >= 0.3 is 0 Å². The van der Waals surface area contributed by atoms with E-state index in [-0.39, 0.29) is 6.61 Å². The maximum absolute atomic E-state index is 9.60. The molecule has 4 rings (SSSR count). The fourth-order valence-electron chi connectivity index (χ4n) is 3.43. The summed E-state index contributed by atoms with van der Waals surface area (Å²) in [6, 6.07) is 9.70. The van der Waals surface area contributed by atoms with Gasteiger partial charge in [0.1, 0.15) is 17.4 Å². The van der Waals surface area contributed by atoms with Crippen LogP contribution in [0.4, 0.5) is 5.82 Å². The Morgan fingerprint density at radius 1 is 1.11 bits per heavy atom. The summed E-state index contributed by atoms with van der Waals surface area (Å²) in [6.07, 6.45) is 0.746. The van der Waals surface area contributed by atoms with Gasteiger partial charge in [0.15, 0.2) is 5.65 Å². The third-order valence-electron chi connectivity index (χ3n) is 4.96. The standard InChI is InChI=1S/C21H24N4O3/c1-3-19-23-20-16(21(24-19)25-8-10-28-11-9-25)5-6-17(22-20)14-4-7-18(27-2)15(12-14)13-26/h4-7,12,26H,3,8-11,13H2,1-2H3. The zero-order valence-corrected chi connectivity index (χ0v) is 16.2. The minimum Gasteiger partial charge on any atom is -0.496 e. The summed E-state index contributed by atoms with van der Waals surface area (Å²) >= 11 is 0. The van der Waals surface area contributed by atoms with Gasteiger partial charge in [-0.15, -0.1) is 0 Å². The zero-order valence-electron chi connectivity index (χ0n) is 16.2. The molecular formula is C21H24N4O3. The van der Waals surface area contributed by atoms with E-state index >= 15 is 0 Å². The molecule has 1 aliphatic rings. The molecule has 7 heteroatoms. The van der Waals surface area contributed by atoms with Crippen LogP contribution in [0.1, 0.15) is 18.3 Å². The Morgan fingerprint density at radius 2 is 1.93 bits per heavy atom. The topological polar surface area (TPSA) is 80.6 Å². The van der Waals surface area contributed by atoms with E-state index in [1.54, 1.807) is 7.11 Å². The average Bonchev–Trinajstić information content (AvgIpc) is 2.77. The molecule has 1 aliphatic heterocycles. The number of aliphatic hydroxyl groups is 1. The zero-order chi connectivity index (χ0) is 19.5. The summed E-state index contributed by atoms with van der Waals surface area (Å²) in [5.41, 5.74) is 3.13. The highest BCUT2D eigenvalue weighted by atomic mass is 16.5. The molecule has 0 spiro atoms. The van der Waals surface area contributed by atoms with Crippen molar-refractivity contribution in [2.45, 2.75) is 20.0 Å². The number of methoxy groups -OCH3 is 1. The minimum absolute atomic E-state index is 0.0894. The van der Waals surface area contributed by atoms with Gasteiger partial charge in [-0.25, -0.2) is 15.0 Å². The number of anilines is 1. The van der Waals surface area contributed by atoms with Crippen molar-refractivity contribution in [1.82, 2.24) is 15.0 Å². The molecule has 3 heterocycles. The Labute approximate surface area is 164 Å². The van der Waals surface area contributed by atoms with Crippen LogP contribution in [0.3, 0.4) is 0 Å². The lowest BCUT2D eigenvalue weighted by Crippen LogP contribution is -2.37. The Hall–Kier alpha value is -2.77. The third kappa shape index (κ3) is 3.50. The molecule has 7 nitrogen and oxygen atoms in total. The number of rotatable bonds is 5. The molecule has 0 unspecified atom stereocenters. The largest absolute Gasteiger partial charge is 0.496 e. The first-order chi connectivity index (χ1) is 13.7. The molecule has 0 amide bonds. The van der Waals surface area contributed by atoms with Crippen LogP contribution in [0.5, 0.6) is 5.75 Å². The molecule has 3 aromatic rings. The first-order valence-corrected chi connectivity index (χ1v) is 9.52. The molecule has 1 saturated heterocycles. The lowest BCUT2D eigenvalue weighted by molar-refractivity contribution is 0.122. The number of aliphatic hydroxyl groups excluding tert-OH is 1. The predicted molar refractivity (Wildman–Crippen MR) is 108 cm³/mol. The number of hydrogen-bond donors (Lipinski definition) is 1. The monoisotopic (exact) mass is 380 g/mol. The predicted octanol–water partition coefficient (Wildman–Crippen LogP) is 2.59. The second-order valence-corrected chi connectivity index (χ2v) is 6.67. The molecule has 0 bridgehead atoms. The van der Waals surface area contributed by atoms with Gasteiger partial charge in [-0.05, 0) is 30.3 Å². The highest BCUT2D eigenvalue weighted by Gasteiger charge is 2.18. The van der Waals surface area contributed by atoms with Crippen LogP contribution in [0.15, 0.2) is 30.3 Å². The van der Waals surface area contributed by atoms with Crippen molar-refractivity contribution < 1.29 is 14.6 Å². The Kier molecular flexibility index (Phi) is 5.36. The quantitative estimate of drug-likeness (QED) is 0.729. The third-order valence-corrected chi connectivity index (χ3v) is 4.96. The Bertz CT molecular complexity index is 987. The number of benzene rings is 1. The maximum atomic E-state index is 9.60. The molecule has 0 radical (unpaired) electrons. The summed E-state index contributed by atoms with van der Waals surface area (Å²) < 4.78 is 10.8. The van der Waals surface area contributed by atoms with E-state index in [1.807, 2.05) is 37.3 Å². The average molecular weight is 380 g/mol. The van der Waals surface area contributed by atoms with Gasteiger partial charge in [0.2, 0.25) is 0 Å². The van der Waals surface area contributed by atoms with Gasteiger partial charge in [0.25, 0.3) is 0 Å². The smallest absolute Gasteiger partial charge is 0.165 e. The highest BCUT2D eigenvalue weighted by Crippen LogP contribution is 2.29. The van der Waals surface area contributed by atoms with Crippen LogP contribution < -0.4 is 9.64 Å². The Balaban J connectivity index is 1.80. The van der Waals surface area contributed by atoms with E-state index in [2.05, 4.69) is 9.88 Å². The van der Waals surface area contributed by atoms with Gasteiger partial charge in [-0.1, -0.05) is 6.92 Å². The fourth-order valence-corrected chi connectivity index (χ4v) is 3.43. The molecule has 2 aromatic heterocycles. The number of ether oxygens (including phenoxy) is 2. The van der Waals surface area contributed by atoms with Gasteiger partial charge in [-0.3, -0.25) is 0 Å². The molecule has 28 heavy (non-hydrogen) atoms. The molecule has 146 valence electrons. The minimum atomic E-state index is -0.0894. The number of aromatic nitrogens is 3. The van der Waals surface area contributed by atoms with Crippen molar-refractivity contribution in [2.75, 3.05) is 38.3 Å². The summed E-state index contributed by atoms with van der Waals surface area (Å²) in [4.78, 5) is 16.5. The Morgan fingerprint density at radius 3 is 2.64 bits per heavy atom. The highest BCUT2D eigenvalue weighted by molar-refractivity contribution is 5.88. The van der Waals surface area contributed by atoms with Crippen LogP contribution in [0, 0.1) is 0 Å². The number of nitrogens with zero attached hydrogens (tertiary/aromatic N) is 4. The van der Waals surface area contributed by atoms with E-state index in [0.29, 0.717) is 24.6 Å². The second kappa shape index (κ2) is 8.08. The SMILES string of the molecule is CCc1nc(N2CCOCC2)c2ccc(-c3ccc(OC)c(CO)c3)nc2n1. The van der Waals surface area contributed by atoms with Crippen molar-refractivity contribution >= 4 is 16.9 Å². The summed E-state index contributed by atoms with van der Waals surface area (Å²) in [5.74, 6) is 2.37. The van der Waals surface area contributed by atoms with Crippen molar-refractivity contribution in [3.63, 3.8) is 0 Å². The first-order valence-electron chi connectivity index (χ1n) is 9.52. The number of pyridine rings is 1. The van der Waals surface area contributed by atoms with Crippen LogP contribution in [-0.2, 0) is 17.8 Å². The molecule has 0 aliphatic carbocycles. The molecule has 0 atom stereocenters. The lowest BCUT2D eigenvalue weighted by atomic mass is 10.1. The summed E-state index contributed by atoms with van der Waals surface area (Å²) in [5, 5.41) is 10.5. The van der Waals surface area contributed by atoms with Crippen LogP contribution in [0.25, 0.3) is 22.3 Å². The van der Waals surface area contributed by atoms with Gasteiger partial charge in [0.05, 0.1) is 38.0 Å².